The van der Waals surface area contributed by atoms with E-state index in [-0.39, 0.29) is 18.3 Å². The first-order valence-electron chi connectivity index (χ1n) is 7.94. The number of carbonyl (C=O) groups excluding carboxylic acids is 3. The minimum absolute atomic E-state index is 0.0748. The van der Waals surface area contributed by atoms with Crippen LogP contribution >= 0.6 is 0 Å². The summed E-state index contributed by atoms with van der Waals surface area (Å²) < 4.78 is 16.1. The van der Waals surface area contributed by atoms with Crippen LogP contribution in [0.1, 0.15) is 30.2 Å². The fraction of sp³-hybridized carbons (Fsp3) is 0.278. The van der Waals surface area contributed by atoms with E-state index in [0.717, 1.165) is 0 Å². The summed E-state index contributed by atoms with van der Waals surface area (Å²) in [5.74, 6) is -0.975. The molecule has 1 atom stereocenters. The van der Waals surface area contributed by atoms with Gasteiger partial charge in [0.05, 0.1) is 0 Å². The van der Waals surface area contributed by atoms with Gasteiger partial charge in [0.25, 0.3) is 5.91 Å². The van der Waals surface area contributed by atoms with Crippen LogP contribution in [0.2, 0.25) is 0 Å². The van der Waals surface area contributed by atoms with Gasteiger partial charge in [0.1, 0.15) is 18.1 Å². The van der Waals surface area contributed by atoms with Crippen molar-refractivity contribution >= 4 is 17.9 Å². The zero-order chi connectivity index (χ0) is 19.1. The molecular formula is C18H20N2O6. The SMILES string of the molecule is CC(C)C(OC(=O)c1ccc(COc2ccccc2)o1)C(=O)NC(N)=O. The van der Waals surface area contributed by atoms with Crippen molar-refractivity contribution in [3.8, 4) is 5.75 Å². The zero-order valence-electron chi connectivity index (χ0n) is 14.4. The van der Waals surface area contributed by atoms with Crippen molar-refractivity contribution in [2.75, 3.05) is 0 Å². The second kappa shape index (κ2) is 8.70. The van der Waals surface area contributed by atoms with E-state index in [1.165, 1.54) is 6.07 Å². The second-order valence-corrected chi connectivity index (χ2v) is 5.79. The maximum Gasteiger partial charge on any atom is 0.375 e. The lowest BCUT2D eigenvalue weighted by Crippen LogP contribution is -2.45. The van der Waals surface area contributed by atoms with Crippen LogP contribution in [0.25, 0.3) is 0 Å². The van der Waals surface area contributed by atoms with Gasteiger partial charge < -0.3 is 19.6 Å². The van der Waals surface area contributed by atoms with Crippen molar-refractivity contribution in [1.82, 2.24) is 5.32 Å². The van der Waals surface area contributed by atoms with Gasteiger partial charge in [0, 0.05) is 0 Å². The molecule has 2 aromatic rings. The number of hydrogen-bond acceptors (Lipinski definition) is 6. The quantitative estimate of drug-likeness (QED) is 0.731. The minimum Gasteiger partial charge on any atom is -0.486 e. The van der Waals surface area contributed by atoms with Crippen LogP contribution in [-0.2, 0) is 16.1 Å². The van der Waals surface area contributed by atoms with Gasteiger partial charge in [-0.3, -0.25) is 10.1 Å². The fourth-order valence-corrected chi connectivity index (χ4v) is 2.09. The summed E-state index contributed by atoms with van der Waals surface area (Å²) in [5, 5.41) is 1.90. The molecule has 138 valence electrons. The standard InChI is InChI=1S/C18H20N2O6/c1-11(2)15(16(21)20-18(19)23)26-17(22)14-9-8-13(25-14)10-24-12-6-4-3-5-7-12/h3-9,11,15H,10H2,1-2H3,(H3,19,20,21,23). The molecule has 0 aliphatic carbocycles. The van der Waals surface area contributed by atoms with Crippen LogP contribution in [-0.4, -0.2) is 24.0 Å². The first-order chi connectivity index (χ1) is 12.4. The van der Waals surface area contributed by atoms with E-state index in [9.17, 15) is 14.4 Å². The molecule has 1 aromatic heterocycles. The number of rotatable bonds is 7. The number of amides is 3. The van der Waals surface area contributed by atoms with Gasteiger partial charge >= 0.3 is 12.0 Å². The number of para-hydroxylation sites is 1. The van der Waals surface area contributed by atoms with Crippen LogP contribution in [0.5, 0.6) is 5.75 Å². The van der Waals surface area contributed by atoms with E-state index in [4.69, 9.17) is 19.6 Å². The summed E-state index contributed by atoms with van der Waals surface area (Å²) in [6.45, 7) is 3.46. The lowest BCUT2D eigenvalue weighted by molar-refractivity contribution is -0.131. The summed E-state index contributed by atoms with van der Waals surface area (Å²) in [6.07, 6.45) is -1.18. The third-order valence-corrected chi connectivity index (χ3v) is 3.33. The number of ether oxygens (including phenoxy) is 2. The Hall–Kier alpha value is -3.29. The molecule has 1 unspecified atom stereocenters. The first-order valence-corrected chi connectivity index (χ1v) is 7.94. The largest absolute Gasteiger partial charge is 0.486 e. The fourth-order valence-electron chi connectivity index (χ4n) is 2.09. The maximum atomic E-state index is 12.2. The molecule has 1 heterocycles. The van der Waals surface area contributed by atoms with Crippen LogP contribution in [0.4, 0.5) is 4.79 Å². The van der Waals surface area contributed by atoms with Crippen molar-refractivity contribution < 1.29 is 28.3 Å². The normalized spacial score (nSPS) is 11.7. The van der Waals surface area contributed by atoms with E-state index in [2.05, 4.69) is 0 Å². The highest BCUT2D eigenvalue weighted by atomic mass is 16.6. The van der Waals surface area contributed by atoms with E-state index in [1.54, 1.807) is 32.0 Å². The lowest BCUT2D eigenvalue weighted by atomic mass is 10.1. The first kappa shape index (κ1) is 19.0. The molecule has 1 aromatic carbocycles. The maximum absolute atomic E-state index is 12.2. The van der Waals surface area contributed by atoms with Crippen molar-refractivity contribution in [2.24, 2.45) is 11.7 Å². The Morgan fingerprint density at radius 1 is 1.12 bits per heavy atom. The number of primary amides is 1. The summed E-state index contributed by atoms with van der Waals surface area (Å²) in [7, 11) is 0. The Bertz CT molecular complexity index is 769. The summed E-state index contributed by atoms with van der Waals surface area (Å²) in [6, 6.07) is 11.1. The number of nitrogens with one attached hydrogen (secondary N) is 1. The highest BCUT2D eigenvalue weighted by Gasteiger charge is 2.29. The van der Waals surface area contributed by atoms with Gasteiger partial charge in [0.2, 0.25) is 5.76 Å². The van der Waals surface area contributed by atoms with Gasteiger partial charge in [-0.1, -0.05) is 32.0 Å². The summed E-state index contributed by atoms with van der Waals surface area (Å²) in [5.41, 5.74) is 4.91. The Kier molecular flexibility index (Phi) is 6.37. The van der Waals surface area contributed by atoms with Crippen LogP contribution in [0.15, 0.2) is 46.9 Å². The number of nitrogens with two attached hydrogens (primary N) is 1. The van der Waals surface area contributed by atoms with Crippen molar-refractivity contribution in [1.29, 1.82) is 0 Å². The average Bonchev–Trinajstić information content (AvgIpc) is 3.06. The molecule has 8 nitrogen and oxygen atoms in total. The minimum atomic E-state index is -1.18. The Morgan fingerprint density at radius 3 is 2.42 bits per heavy atom. The monoisotopic (exact) mass is 360 g/mol. The third-order valence-electron chi connectivity index (χ3n) is 3.33. The highest BCUT2D eigenvalue weighted by molar-refractivity contribution is 5.97. The lowest BCUT2D eigenvalue weighted by Gasteiger charge is -2.19. The van der Waals surface area contributed by atoms with Gasteiger partial charge in [-0.25, -0.2) is 9.59 Å². The molecule has 0 radical (unpaired) electrons. The molecular weight excluding hydrogens is 340 g/mol. The zero-order valence-corrected chi connectivity index (χ0v) is 14.4. The van der Waals surface area contributed by atoms with Crippen molar-refractivity contribution in [3.63, 3.8) is 0 Å². The average molecular weight is 360 g/mol. The predicted octanol–water partition coefficient (Wildman–Crippen LogP) is 2.23. The molecule has 0 saturated carbocycles. The molecule has 2 rings (SSSR count). The molecule has 0 spiro atoms. The van der Waals surface area contributed by atoms with E-state index >= 15 is 0 Å². The highest BCUT2D eigenvalue weighted by Crippen LogP contribution is 2.16. The molecule has 3 N–H and O–H groups in total. The van der Waals surface area contributed by atoms with Gasteiger partial charge in [-0.05, 0) is 30.2 Å². The van der Waals surface area contributed by atoms with Crippen LogP contribution in [0.3, 0.4) is 0 Å². The number of carbonyl (C=O) groups is 3. The van der Waals surface area contributed by atoms with Gasteiger partial charge in [-0.15, -0.1) is 0 Å². The van der Waals surface area contributed by atoms with Gasteiger partial charge in [-0.2, -0.15) is 0 Å². The summed E-state index contributed by atoms with van der Waals surface area (Å²) in [4.78, 5) is 34.9. The number of benzene rings is 1. The van der Waals surface area contributed by atoms with Crippen LogP contribution in [0, 0.1) is 5.92 Å². The molecule has 8 heteroatoms. The third kappa shape index (κ3) is 5.37. The molecule has 0 fully saturated rings. The molecule has 0 aliphatic rings. The Balaban J connectivity index is 1.97. The predicted molar refractivity (Wildman–Crippen MR) is 91.2 cm³/mol. The number of esters is 1. The van der Waals surface area contributed by atoms with Crippen molar-refractivity contribution in [3.05, 3.63) is 54.0 Å². The van der Waals surface area contributed by atoms with Crippen molar-refractivity contribution in [2.45, 2.75) is 26.6 Å². The molecule has 3 amide bonds. The molecule has 0 saturated heterocycles. The number of imide groups is 1. The van der Waals surface area contributed by atoms with E-state index < -0.39 is 24.0 Å². The number of furan rings is 1. The summed E-state index contributed by atoms with van der Waals surface area (Å²) >= 11 is 0. The van der Waals surface area contributed by atoms with E-state index in [1.807, 2.05) is 23.5 Å². The smallest absolute Gasteiger partial charge is 0.375 e. The molecule has 0 bridgehead atoms. The second-order valence-electron chi connectivity index (χ2n) is 5.79. The Morgan fingerprint density at radius 2 is 1.81 bits per heavy atom. The number of hydrogen-bond donors (Lipinski definition) is 2. The molecule has 0 aliphatic heterocycles. The Labute approximate surface area is 150 Å². The topological polar surface area (TPSA) is 121 Å². The van der Waals surface area contributed by atoms with E-state index in [0.29, 0.717) is 11.5 Å². The van der Waals surface area contributed by atoms with Gasteiger partial charge in [0.15, 0.2) is 6.10 Å². The molecule has 26 heavy (non-hydrogen) atoms. The van der Waals surface area contributed by atoms with Crippen LogP contribution < -0.4 is 15.8 Å². The number of urea groups is 1.